The van der Waals surface area contributed by atoms with Crippen LogP contribution in [0.15, 0.2) is 67.0 Å². The van der Waals surface area contributed by atoms with Gasteiger partial charge in [-0.2, -0.15) is 0 Å². The van der Waals surface area contributed by atoms with Crippen LogP contribution < -0.4 is 9.64 Å². The number of carbonyl (C=O) groups excluding carboxylic acids is 1. The molecule has 0 aliphatic carbocycles. The van der Waals surface area contributed by atoms with E-state index < -0.39 is 5.97 Å². The van der Waals surface area contributed by atoms with Gasteiger partial charge in [0.1, 0.15) is 11.6 Å². The van der Waals surface area contributed by atoms with Crippen molar-refractivity contribution in [2.24, 2.45) is 0 Å². The molecule has 1 fully saturated rings. The molecular formula is C24H24N4O4. The third-order valence-corrected chi connectivity index (χ3v) is 5.27. The quantitative estimate of drug-likeness (QED) is 0.640. The number of pyridine rings is 2. The van der Waals surface area contributed by atoms with E-state index in [4.69, 9.17) is 9.84 Å². The average Bonchev–Trinajstić information content (AvgIpc) is 2.81. The topological polar surface area (TPSA) is 95.9 Å². The van der Waals surface area contributed by atoms with Gasteiger partial charge in [0.2, 0.25) is 0 Å². The van der Waals surface area contributed by atoms with E-state index in [0.29, 0.717) is 37.5 Å². The Labute approximate surface area is 186 Å². The van der Waals surface area contributed by atoms with Crippen LogP contribution in [-0.2, 0) is 17.6 Å². The number of carboxylic acids is 1. The molecule has 0 bridgehead atoms. The van der Waals surface area contributed by atoms with Crippen molar-refractivity contribution in [1.82, 2.24) is 14.9 Å². The summed E-state index contributed by atoms with van der Waals surface area (Å²) in [5.41, 5.74) is 2.75. The molecular weight excluding hydrogens is 408 g/mol. The molecule has 0 spiro atoms. The fraction of sp³-hybridized carbons (Fsp3) is 0.250. The number of nitrogens with zero attached hydrogens (tertiary/aromatic N) is 4. The number of aliphatic carboxylic acids is 1. The van der Waals surface area contributed by atoms with E-state index in [-0.39, 0.29) is 12.5 Å². The highest BCUT2D eigenvalue weighted by molar-refractivity contribution is 5.71. The molecule has 0 radical (unpaired) electrons. The molecule has 1 amide bonds. The Morgan fingerprint density at radius 3 is 2.28 bits per heavy atom. The summed E-state index contributed by atoms with van der Waals surface area (Å²) in [4.78, 5) is 35.8. The third kappa shape index (κ3) is 5.60. The molecule has 3 aromatic rings. The lowest BCUT2D eigenvalue weighted by Gasteiger charge is -2.34. The van der Waals surface area contributed by atoms with Crippen molar-refractivity contribution in [3.8, 4) is 5.75 Å². The van der Waals surface area contributed by atoms with Gasteiger partial charge in [-0.3, -0.25) is 9.78 Å². The first-order chi connectivity index (χ1) is 15.6. The van der Waals surface area contributed by atoms with Crippen LogP contribution in [0.25, 0.3) is 0 Å². The summed E-state index contributed by atoms with van der Waals surface area (Å²) in [6.45, 7) is 2.30. The molecule has 1 N–H and O–H groups in total. The van der Waals surface area contributed by atoms with E-state index >= 15 is 0 Å². The standard InChI is InChI=1S/C24H24N4O4/c29-23(30)16-19-6-9-22(26-17-19)27-11-13-28(14-12-27)24(31)32-21-7-4-18(5-8-21)15-20-3-1-2-10-25-20/h1-10,17H,11-16H2,(H,29,30). The first-order valence-electron chi connectivity index (χ1n) is 10.4. The zero-order valence-electron chi connectivity index (χ0n) is 17.6. The van der Waals surface area contributed by atoms with E-state index in [2.05, 4.69) is 14.9 Å². The van der Waals surface area contributed by atoms with Gasteiger partial charge < -0.3 is 19.6 Å². The van der Waals surface area contributed by atoms with Gasteiger partial charge in [-0.25, -0.2) is 9.78 Å². The van der Waals surface area contributed by atoms with Crippen LogP contribution in [0.1, 0.15) is 16.8 Å². The van der Waals surface area contributed by atoms with Gasteiger partial charge >= 0.3 is 12.1 Å². The van der Waals surface area contributed by atoms with Crippen LogP contribution in [0.2, 0.25) is 0 Å². The summed E-state index contributed by atoms with van der Waals surface area (Å²) < 4.78 is 5.53. The molecule has 32 heavy (non-hydrogen) atoms. The number of carbonyl (C=O) groups is 2. The fourth-order valence-corrected chi connectivity index (χ4v) is 3.55. The lowest BCUT2D eigenvalue weighted by atomic mass is 10.1. The number of aromatic nitrogens is 2. The first kappa shape index (κ1) is 21.3. The Morgan fingerprint density at radius 1 is 0.906 bits per heavy atom. The van der Waals surface area contributed by atoms with Crippen molar-refractivity contribution in [2.45, 2.75) is 12.8 Å². The van der Waals surface area contributed by atoms with E-state index in [9.17, 15) is 9.59 Å². The van der Waals surface area contributed by atoms with Crippen LogP contribution in [-0.4, -0.2) is 58.2 Å². The Kier molecular flexibility index (Phi) is 6.60. The van der Waals surface area contributed by atoms with Gasteiger partial charge in [0.05, 0.1) is 6.42 Å². The highest BCUT2D eigenvalue weighted by atomic mass is 16.6. The molecule has 2 aromatic heterocycles. The van der Waals surface area contributed by atoms with Crippen LogP contribution in [0.5, 0.6) is 5.75 Å². The van der Waals surface area contributed by atoms with Gasteiger partial charge in [0.15, 0.2) is 0 Å². The van der Waals surface area contributed by atoms with Gasteiger partial charge in [-0.15, -0.1) is 0 Å². The number of rotatable bonds is 6. The SMILES string of the molecule is O=C(O)Cc1ccc(N2CCN(C(=O)Oc3ccc(Cc4ccccn4)cc3)CC2)nc1. The predicted octanol–water partition coefficient (Wildman–Crippen LogP) is 3.02. The Hall–Kier alpha value is -3.94. The molecule has 0 saturated carbocycles. The van der Waals surface area contributed by atoms with Crippen LogP contribution in [0.4, 0.5) is 10.6 Å². The summed E-state index contributed by atoms with van der Waals surface area (Å²) in [5, 5.41) is 8.86. The second-order valence-corrected chi connectivity index (χ2v) is 7.58. The number of amides is 1. The van der Waals surface area contributed by atoms with Gasteiger partial charge in [0, 0.05) is 50.7 Å². The molecule has 1 saturated heterocycles. The molecule has 1 aliphatic heterocycles. The Balaban J connectivity index is 1.26. The molecule has 4 rings (SSSR count). The van der Waals surface area contributed by atoms with Crippen molar-refractivity contribution in [3.63, 3.8) is 0 Å². The van der Waals surface area contributed by atoms with E-state index in [1.807, 2.05) is 36.4 Å². The summed E-state index contributed by atoms with van der Waals surface area (Å²) in [6.07, 6.45) is 3.67. The summed E-state index contributed by atoms with van der Waals surface area (Å²) in [6, 6.07) is 16.9. The van der Waals surface area contributed by atoms with Crippen molar-refractivity contribution >= 4 is 17.9 Å². The largest absolute Gasteiger partial charge is 0.481 e. The molecule has 0 atom stereocenters. The molecule has 0 unspecified atom stereocenters. The summed E-state index contributed by atoms with van der Waals surface area (Å²) in [7, 11) is 0. The number of carboxylic acid groups (broad SMARTS) is 1. The number of piperazine rings is 1. The second-order valence-electron chi connectivity index (χ2n) is 7.58. The molecule has 8 heteroatoms. The normalized spacial score (nSPS) is 13.6. The van der Waals surface area contributed by atoms with Crippen molar-refractivity contribution in [2.75, 3.05) is 31.1 Å². The Bertz CT molecular complexity index is 1050. The maximum absolute atomic E-state index is 12.5. The second kappa shape index (κ2) is 9.91. The minimum absolute atomic E-state index is 0.0446. The van der Waals surface area contributed by atoms with E-state index in [1.165, 1.54) is 0 Å². The summed E-state index contributed by atoms with van der Waals surface area (Å²) >= 11 is 0. The van der Waals surface area contributed by atoms with Crippen LogP contribution in [0, 0.1) is 0 Å². The van der Waals surface area contributed by atoms with Gasteiger partial charge in [-0.05, 0) is 41.5 Å². The first-order valence-corrected chi connectivity index (χ1v) is 10.4. The molecule has 8 nitrogen and oxygen atoms in total. The highest BCUT2D eigenvalue weighted by Crippen LogP contribution is 2.18. The van der Waals surface area contributed by atoms with Gasteiger partial charge in [0.25, 0.3) is 0 Å². The lowest BCUT2D eigenvalue weighted by molar-refractivity contribution is -0.136. The molecule has 164 valence electrons. The zero-order chi connectivity index (χ0) is 22.3. The number of hydrogen-bond donors (Lipinski definition) is 1. The van der Waals surface area contributed by atoms with Gasteiger partial charge in [-0.1, -0.05) is 24.3 Å². The number of hydrogen-bond acceptors (Lipinski definition) is 6. The minimum Gasteiger partial charge on any atom is -0.481 e. The molecule has 1 aliphatic rings. The minimum atomic E-state index is -0.880. The number of anilines is 1. The lowest BCUT2D eigenvalue weighted by Crippen LogP contribution is -2.49. The van der Waals surface area contributed by atoms with Crippen molar-refractivity contribution in [1.29, 1.82) is 0 Å². The third-order valence-electron chi connectivity index (χ3n) is 5.27. The smallest absolute Gasteiger partial charge is 0.415 e. The van der Waals surface area contributed by atoms with Crippen molar-refractivity contribution < 1.29 is 19.4 Å². The molecule has 1 aromatic carbocycles. The van der Waals surface area contributed by atoms with Crippen LogP contribution in [0.3, 0.4) is 0 Å². The van der Waals surface area contributed by atoms with Crippen molar-refractivity contribution in [3.05, 3.63) is 83.8 Å². The zero-order valence-corrected chi connectivity index (χ0v) is 17.6. The number of benzene rings is 1. The fourth-order valence-electron chi connectivity index (χ4n) is 3.55. The predicted molar refractivity (Wildman–Crippen MR) is 119 cm³/mol. The highest BCUT2D eigenvalue weighted by Gasteiger charge is 2.23. The molecule has 3 heterocycles. The van der Waals surface area contributed by atoms with E-state index in [0.717, 1.165) is 23.5 Å². The maximum Gasteiger partial charge on any atom is 0.415 e. The summed E-state index contributed by atoms with van der Waals surface area (Å²) in [5.74, 6) is 0.406. The number of ether oxygens (including phenoxy) is 1. The monoisotopic (exact) mass is 432 g/mol. The Morgan fingerprint density at radius 2 is 1.66 bits per heavy atom. The van der Waals surface area contributed by atoms with Crippen LogP contribution >= 0.6 is 0 Å². The maximum atomic E-state index is 12.5. The van der Waals surface area contributed by atoms with E-state index in [1.54, 1.807) is 35.5 Å². The average molecular weight is 432 g/mol.